The largest absolute Gasteiger partial charge is 0.456 e. The lowest BCUT2D eigenvalue weighted by Gasteiger charge is -2.09. The van der Waals surface area contributed by atoms with Crippen molar-refractivity contribution in [2.75, 3.05) is 0 Å². The Kier molecular flexibility index (Phi) is 8.34. The molecule has 0 amide bonds. The number of benzene rings is 9. The Morgan fingerprint density at radius 2 is 1.12 bits per heavy atom. The van der Waals surface area contributed by atoms with Crippen LogP contribution in [0.15, 0.2) is 209 Å². The fourth-order valence-electron chi connectivity index (χ4n) is 9.55. The van der Waals surface area contributed by atoms with Gasteiger partial charge in [0.25, 0.3) is 0 Å². The van der Waals surface area contributed by atoms with Crippen LogP contribution in [0.2, 0.25) is 0 Å². The summed E-state index contributed by atoms with van der Waals surface area (Å²) in [6.07, 6.45) is 1.85. The van der Waals surface area contributed by atoms with Crippen molar-refractivity contribution in [1.82, 2.24) is 4.57 Å². The lowest BCUT2D eigenvalue weighted by Crippen LogP contribution is -2.05. The van der Waals surface area contributed by atoms with Gasteiger partial charge in [-0.25, -0.2) is 9.98 Å². The van der Waals surface area contributed by atoms with Gasteiger partial charge >= 0.3 is 0 Å². The number of furan rings is 1. The van der Waals surface area contributed by atoms with E-state index in [2.05, 4.69) is 156 Å². The number of aliphatic imine (C=N–C) groups is 2. The highest BCUT2D eigenvalue weighted by Gasteiger charge is 2.20. The summed E-state index contributed by atoms with van der Waals surface area (Å²) in [5, 5.41) is 18.5. The van der Waals surface area contributed by atoms with Crippen molar-refractivity contribution in [3.63, 3.8) is 0 Å². The Morgan fingerprint density at radius 3 is 1.91 bits per heavy atom. The number of aromatic nitrogens is 1. The molecule has 13 aromatic rings. The van der Waals surface area contributed by atoms with Crippen LogP contribution in [0.4, 0.5) is 0 Å². The van der Waals surface area contributed by atoms with Crippen LogP contribution in [-0.4, -0.2) is 22.5 Å². The van der Waals surface area contributed by atoms with E-state index in [1.165, 1.54) is 31.2 Å². The number of amidine groups is 2. The van der Waals surface area contributed by atoms with Gasteiger partial charge < -0.3 is 8.98 Å². The summed E-state index contributed by atoms with van der Waals surface area (Å²) in [7, 11) is 0. The number of nitrogens with one attached hydrogen (secondary N) is 1. The lowest BCUT2D eigenvalue weighted by atomic mass is 9.97. The van der Waals surface area contributed by atoms with Crippen LogP contribution < -0.4 is 0 Å². The molecule has 4 heterocycles. The van der Waals surface area contributed by atoms with E-state index in [0.29, 0.717) is 5.84 Å². The van der Waals surface area contributed by atoms with Crippen molar-refractivity contribution >= 4 is 125 Å². The van der Waals surface area contributed by atoms with Gasteiger partial charge in [0.05, 0.1) is 11.0 Å². The standard InChI is InChI=1S/C57H34N4OS2/c58-56(42-19-11-25-51-54(42)41-17-6-9-24-49(41)63-51)60-57(59-33-34-13-2-1-3-14-34)43-20-12-26-52-55(43)44-31-35(27-30-50(44)64-52)37-18-10-23-47-53(37)40-29-28-36(32-48(40)62-47)61-45-21-7-4-15-38(45)39-16-5-8-22-46(39)61/h1-33,58H. The van der Waals surface area contributed by atoms with Gasteiger partial charge in [0.2, 0.25) is 0 Å². The van der Waals surface area contributed by atoms with Crippen molar-refractivity contribution < 1.29 is 4.42 Å². The zero-order valence-electron chi connectivity index (χ0n) is 34.1. The Morgan fingerprint density at radius 1 is 0.484 bits per heavy atom. The van der Waals surface area contributed by atoms with Crippen LogP contribution in [0.3, 0.4) is 0 Å². The van der Waals surface area contributed by atoms with Crippen LogP contribution >= 0.6 is 22.7 Å². The molecular formula is C57H34N4OS2. The molecule has 0 saturated heterocycles. The number of para-hydroxylation sites is 2. The SMILES string of the molecule is N=C(N=C(N=Cc1ccccc1)c1cccc2sc3ccc(-c4cccc5oc6cc(-n7c8ccccc8c8ccccc87)ccc6c45)cc3c12)c1cccc2sc3ccccc3c12. The maximum atomic E-state index is 9.56. The fourth-order valence-corrected chi connectivity index (χ4v) is 11.8. The minimum Gasteiger partial charge on any atom is -0.456 e. The number of nitrogens with zero attached hydrogens (tertiary/aromatic N) is 3. The second kappa shape index (κ2) is 14.6. The molecule has 0 aliphatic carbocycles. The predicted octanol–water partition coefficient (Wildman–Crippen LogP) is 16.0. The van der Waals surface area contributed by atoms with E-state index >= 15 is 0 Å². The molecule has 7 heteroatoms. The third kappa shape index (κ3) is 5.79. The summed E-state index contributed by atoms with van der Waals surface area (Å²) in [5.41, 5.74) is 9.91. The van der Waals surface area contributed by atoms with Crippen LogP contribution in [0.25, 0.3) is 101 Å². The molecule has 5 nitrogen and oxygen atoms in total. The summed E-state index contributed by atoms with van der Waals surface area (Å²) in [5.74, 6) is 0.662. The molecule has 0 atom stereocenters. The van der Waals surface area contributed by atoms with E-state index < -0.39 is 0 Å². The third-order valence-electron chi connectivity index (χ3n) is 12.4. The molecule has 1 N–H and O–H groups in total. The monoisotopic (exact) mass is 854 g/mol. The number of thiophene rings is 2. The molecule has 64 heavy (non-hydrogen) atoms. The molecule has 0 spiro atoms. The van der Waals surface area contributed by atoms with Crippen LogP contribution in [0.5, 0.6) is 0 Å². The van der Waals surface area contributed by atoms with E-state index in [1.54, 1.807) is 22.7 Å². The Balaban J connectivity index is 0.968. The number of hydrogen-bond acceptors (Lipinski definition) is 4. The zero-order chi connectivity index (χ0) is 42.3. The second-order valence-corrected chi connectivity index (χ2v) is 18.2. The van der Waals surface area contributed by atoms with Crippen LogP contribution in [0, 0.1) is 5.41 Å². The first-order valence-electron chi connectivity index (χ1n) is 21.2. The van der Waals surface area contributed by atoms with E-state index in [-0.39, 0.29) is 5.84 Å². The summed E-state index contributed by atoms with van der Waals surface area (Å²) in [6.45, 7) is 0. The van der Waals surface area contributed by atoms with Gasteiger partial charge in [-0.2, -0.15) is 0 Å². The Hall–Kier alpha value is -7.97. The molecule has 300 valence electrons. The average molecular weight is 855 g/mol. The predicted molar refractivity (Wildman–Crippen MR) is 273 cm³/mol. The van der Waals surface area contributed by atoms with Gasteiger partial charge in [-0.05, 0) is 77.4 Å². The maximum Gasteiger partial charge on any atom is 0.162 e. The molecule has 0 bridgehead atoms. The van der Waals surface area contributed by atoms with Gasteiger partial charge in [-0.3, -0.25) is 5.41 Å². The summed E-state index contributed by atoms with van der Waals surface area (Å²) in [4.78, 5) is 10.2. The molecule has 0 fully saturated rings. The second-order valence-electron chi connectivity index (χ2n) is 16.1. The first kappa shape index (κ1) is 36.7. The molecule has 9 aromatic carbocycles. The Bertz CT molecular complexity index is 4060. The van der Waals surface area contributed by atoms with Crippen molar-refractivity contribution in [3.05, 3.63) is 211 Å². The minimum atomic E-state index is 0.173. The summed E-state index contributed by atoms with van der Waals surface area (Å²) >= 11 is 3.50. The molecule has 0 saturated carbocycles. The minimum absolute atomic E-state index is 0.173. The summed E-state index contributed by atoms with van der Waals surface area (Å²) in [6, 6.07) is 67.9. The first-order valence-corrected chi connectivity index (χ1v) is 22.8. The van der Waals surface area contributed by atoms with Crippen molar-refractivity contribution in [3.8, 4) is 16.8 Å². The highest BCUT2D eigenvalue weighted by molar-refractivity contribution is 7.26. The van der Waals surface area contributed by atoms with Crippen molar-refractivity contribution in [2.45, 2.75) is 0 Å². The molecule has 13 rings (SSSR count). The maximum absolute atomic E-state index is 9.56. The van der Waals surface area contributed by atoms with Crippen molar-refractivity contribution in [2.24, 2.45) is 9.98 Å². The van der Waals surface area contributed by atoms with E-state index in [9.17, 15) is 5.41 Å². The van der Waals surface area contributed by atoms with E-state index in [4.69, 9.17) is 14.4 Å². The smallest absolute Gasteiger partial charge is 0.162 e. The van der Waals surface area contributed by atoms with E-state index in [0.717, 1.165) is 86.4 Å². The first-order chi connectivity index (χ1) is 31.6. The normalized spacial score (nSPS) is 12.5. The molecule has 4 aromatic heterocycles. The topological polar surface area (TPSA) is 66.6 Å². The lowest BCUT2D eigenvalue weighted by molar-refractivity contribution is 0.668. The molecule has 0 unspecified atom stereocenters. The number of hydrogen-bond donors (Lipinski definition) is 1. The number of rotatable bonds is 5. The highest BCUT2D eigenvalue weighted by atomic mass is 32.1. The average Bonchev–Trinajstić information content (AvgIpc) is 4.11. The van der Waals surface area contributed by atoms with Gasteiger partial charge in [-0.15, -0.1) is 22.7 Å². The number of fused-ring (bicyclic) bond motifs is 12. The quantitative estimate of drug-likeness (QED) is 0.136. The Labute approximate surface area is 374 Å². The van der Waals surface area contributed by atoms with Crippen LogP contribution in [0.1, 0.15) is 16.7 Å². The fraction of sp³-hybridized carbons (Fsp3) is 0. The van der Waals surface area contributed by atoms with Gasteiger partial charge in [-0.1, -0.05) is 127 Å². The van der Waals surface area contributed by atoms with Gasteiger partial charge in [0, 0.05) is 91.0 Å². The van der Waals surface area contributed by atoms with Crippen LogP contribution in [-0.2, 0) is 0 Å². The highest BCUT2D eigenvalue weighted by Crippen LogP contribution is 2.43. The molecular weight excluding hydrogens is 821 g/mol. The zero-order valence-corrected chi connectivity index (χ0v) is 35.8. The molecule has 0 aliphatic rings. The van der Waals surface area contributed by atoms with Gasteiger partial charge in [0.15, 0.2) is 11.7 Å². The third-order valence-corrected chi connectivity index (χ3v) is 14.6. The molecule has 0 radical (unpaired) electrons. The summed E-state index contributed by atoms with van der Waals surface area (Å²) < 4.78 is 13.7. The molecule has 0 aliphatic heterocycles. The van der Waals surface area contributed by atoms with Gasteiger partial charge in [0.1, 0.15) is 11.2 Å². The van der Waals surface area contributed by atoms with Crippen molar-refractivity contribution in [1.29, 1.82) is 5.41 Å². The van der Waals surface area contributed by atoms with E-state index in [1.807, 2.05) is 48.7 Å².